The summed E-state index contributed by atoms with van der Waals surface area (Å²) in [5.74, 6) is 1.06. The number of ether oxygens (including phenoxy) is 2. The Bertz CT molecular complexity index is 863. The van der Waals surface area contributed by atoms with Gasteiger partial charge in [-0.2, -0.15) is 0 Å². The largest absolute Gasteiger partial charge is 0.485 e. The Hall–Kier alpha value is -3.35. The van der Waals surface area contributed by atoms with Crippen molar-refractivity contribution in [3.05, 3.63) is 54.6 Å². The molecule has 0 aliphatic carbocycles. The standard InChI is InChI=1S/C17H13N3O4/c21-15(14-10-22-12-8-4-5-9-13(12)23-14)18-17-20-19-16(24-17)11-6-2-1-3-7-11/h1-9,14H,10H2,(H,18,20,21). The first-order valence-electron chi connectivity index (χ1n) is 7.38. The lowest BCUT2D eigenvalue weighted by atomic mass is 10.2. The van der Waals surface area contributed by atoms with Crippen molar-refractivity contribution < 1.29 is 18.7 Å². The molecule has 120 valence electrons. The van der Waals surface area contributed by atoms with Crippen molar-refractivity contribution in [1.82, 2.24) is 10.2 Å². The molecule has 4 rings (SSSR count). The van der Waals surface area contributed by atoms with Gasteiger partial charge in [-0.3, -0.25) is 10.1 Å². The number of para-hydroxylation sites is 2. The minimum absolute atomic E-state index is 0.0151. The zero-order chi connectivity index (χ0) is 16.4. The first-order chi connectivity index (χ1) is 11.8. The van der Waals surface area contributed by atoms with Crippen LogP contribution in [-0.4, -0.2) is 28.8 Å². The third-order valence-electron chi connectivity index (χ3n) is 3.48. The van der Waals surface area contributed by atoms with E-state index in [-0.39, 0.29) is 12.6 Å². The summed E-state index contributed by atoms with van der Waals surface area (Å²) < 4.78 is 16.6. The molecular weight excluding hydrogens is 310 g/mol. The second-order valence-electron chi connectivity index (χ2n) is 5.13. The third-order valence-corrected chi connectivity index (χ3v) is 3.48. The summed E-state index contributed by atoms with van der Waals surface area (Å²) in [6.07, 6.45) is -0.785. The van der Waals surface area contributed by atoms with E-state index < -0.39 is 12.0 Å². The number of amides is 1. The number of fused-ring (bicyclic) bond motifs is 1. The van der Waals surface area contributed by atoms with E-state index in [1.54, 1.807) is 12.1 Å². The number of nitrogens with zero attached hydrogens (tertiary/aromatic N) is 2. The summed E-state index contributed by atoms with van der Waals surface area (Å²) in [6.45, 7) is 0.114. The molecule has 0 radical (unpaired) electrons. The van der Waals surface area contributed by atoms with Crippen LogP contribution < -0.4 is 14.8 Å². The number of carbonyl (C=O) groups excluding carboxylic acids is 1. The van der Waals surface area contributed by atoms with Crippen LogP contribution in [0.15, 0.2) is 59.0 Å². The van der Waals surface area contributed by atoms with Gasteiger partial charge in [0.05, 0.1) is 0 Å². The van der Waals surface area contributed by atoms with Gasteiger partial charge in [0.1, 0.15) is 6.61 Å². The number of anilines is 1. The summed E-state index contributed by atoms with van der Waals surface area (Å²) in [4.78, 5) is 12.3. The van der Waals surface area contributed by atoms with Crippen LogP contribution >= 0.6 is 0 Å². The van der Waals surface area contributed by atoms with Crippen LogP contribution in [0.2, 0.25) is 0 Å². The Morgan fingerprint density at radius 3 is 2.58 bits per heavy atom. The summed E-state index contributed by atoms with van der Waals surface area (Å²) >= 11 is 0. The predicted octanol–water partition coefficient (Wildman–Crippen LogP) is 2.52. The summed E-state index contributed by atoms with van der Waals surface area (Å²) in [6, 6.07) is 16.5. The maximum atomic E-state index is 12.3. The fraction of sp³-hybridized carbons (Fsp3) is 0.118. The number of hydrogen-bond donors (Lipinski definition) is 1. The predicted molar refractivity (Wildman–Crippen MR) is 84.7 cm³/mol. The number of rotatable bonds is 3. The lowest BCUT2D eigenvalue weighted by Gasteiger charge is -2.24. The number of aromatic nitrogens is 2. The molecule has 1 atom stereocenters. The normalized spacial score (nSPS) is 15.8. The third kappa shape index (κ3) is 2.79. The molecule has 2 aromatic carbocycles. The topological polar surface area (TPSA) is 86.5 Å². The Morgan fingerprint density at radius 1 is 1.00 bits per heavy atom. The first-order valence-corrected chi connectivity index (χ1v) is 7.38. The molecule has 0 bridgehead atoms. The highest BCUT2D eigenvalue weighted by Gasteiger charge is 2.28. The molecule has 1 unspecified atom stereocenters. The molecule has 7 nitrogen and oxygen atoms in total. The van der Waals surface area contributed by atoms with Crippen molar-refractivity contribution in [2.45, 2.75) is 6.10 Å². The molecule has 1 aliphatic heterocycles. The van der Waals surface area contributed by atoms with E-state index in [0.717, 1.165) is 5.56 Å². The smallest absolute Gasteiger partial charge is 0.322 e. The number of benzene rings is 2. The van der Waals surface area contributed by atoms with Gasteiger partial charge in [-0.15, -0.1) is 5.10 Å². The molecule has 7 heteroatoms. The zero-order valence-electron chi connectivity index (χ0n) is 12.5. The fourth-order valence-electron chi connectivity index (χ4n) is 2.31. The average Bonchev–Trinajstić information content (AvgIpc) is 3.10. The van der Waals surface area contributed by atoms with Crippen LogP contribution in [0.3, 0.4) is 0 Å². The van der Waals surface area contributed by atoms with Crippen molar-refractivity contribution in [3.63, 3.8) is 0 Å². The van der Waals surface area contributed by atoms with Crippen LogP contribution in [0, 0.1) is 0 Å². The minimum atomic E-state index is -0.785. The van der Waals surface area contributed by atoms with Gasteiger partial charge in [0.15, 0.2) is 11.5 Å². The maximum Gasteiger partial charge on any atom is 0.322 e. The van der Waals surface area contributed by atoms with Gasteiger partial charge >= 0.3 is 6.01 Å². The van der Waals surface area contributed by atoms with Crippen molar-refractivity contribution in [3.8, 4) is 23.0 Å². The second-order valence-corrected chi connectivity index (χ2v) is 5.13. The van der Waals surface area contributed by atoms with E-state index in [0.29, 0.717) is 17.4 Å². The van der Waals surface area contributed by atoms with Gasteiger partial charge in [0, 0.05) is 5.56 Å². The van der Waals surface area contributed by atoms with E-state index in [1.807, 2.05) is 42.5 Å². The number of carbonyl (C=O) groups is 1. The molecule has 2 heterocycles. The average molecular weight is 323 g/mol. The molecule has 3 aromatic rings. The fourth-order valence-corrected chi connectivity index (χ4v) is 2.31. The summed E-state index contributed by atoms with van der Waals surface area (Å²) in [7, 11) is 0. The molecule has 1 aliphatic rings. The maximum absolute atomic E-state index is 12.3. The van der Waals surface area contributed by atoms with Gasteiger partial charge in [-0.1, -0.05) is 35.4 Å². The van der Waals surface area contributed by atoms with Crippen molar-refractivity contribution >= 4 is 11.9 Å². The first kappa shape index (κ1) is 14.3. The molecule has 0 saturated heterocycles. The highest BCUT2D eigenvalue weighted by Crippen LogP contribution is 2.31. The summed E-state index contributed by atoms with van der Waals surface area (Å²) in [5, 5.41) is 10.3. The van der Waals surface area contributed by atoms with Crippen LogP contribution in [-0.2, 0) is 4.79 Å². The highest BCUT2D eigenvalue weighted by molar-refractivity contribution is 5.93. The Balaban J connectivity index is 1.45. The van der Waals surface area contributed by atoms with Crippen LogP contribution in [0.25, 0.3) is 11.5 Å². The van der Waals surface area contributed by atoms with Crippen molar-refractivity contribution in [2.75, 3.05) is 11.9 Å². The molecule has 1 N–H and O–H groups in total. The second kappa shape index (κ2) is 6.04. The molecule has 1 amide bonds. The summed E-state index contributed by atoms with van der Waals surface area (Å²) in [5.41, 5.74) is 0.775. The van der Waals surface area contributed by atoms with E-state index in [9.17, 15) is 4.79 Å². The van der Waals surface area contributed by atoms with Gasteiger partial charge in [0.25, 0.3) is 5.91 Å². The molecule has 1 aromatic heterocycles. The lowest BCUT2D eigenvalue weighted by Crippen LogP contribution is -2.40. The van der Waals surface area contributed by atoms with Crippen molar-refractivity contribution in [1.29, 1.82) is 0 Å². The molecule has 0 fully saturated rings. The van der Waals surface area contributed by atoms with Crippen LogP contribution in [0.5, 0.6) is 11.5 Å². The molecule has 0 spiro atoms. The highest BCUT2D eigenvalue weighted by atomic mass is 16.6. The van der Waals surface area contributed by atoms with Crippen LogP contribution in [0.1, 0.15) is 0 Å². The van der Waals surface area contributed by atoms with E-state index in [4.69, 9.17) is 13.9 Å². The van der Waals surface area contributed by atoms with E-state index in [2.05, 4.69) is 15.5 Å². The Kier molecular flexibility index (Phi) is 3.59. The van der Waals surface area contributed by atoms with Gasteiger partial charge in [0.2, 0.25) is 12.0 Å². The molecule has 0 saturated carbocycles. The Labute approximate surface area is 137 Å². The SMILES string of the molecule is O=C(Nc1nnc(-c2ccccc2)o1)C1COc2ccccc2O1. The number of hydrogen-bond acceptors (Lipinski definition) is 6. The lowest BCUT2D eigenvalue weighted by molar-refractivity contribution is -0.125. The Morgan fingerprint density at radius 2 is 1.75 bits per heavy atom. The van der Waals surface area contributed by atoms with Gasteiger partial charge < -0.3 is 13.9 Å². The van der Waals surface area contributed by atoms with Gasteiger partial charge in [-0.25, -0.2) is 0 Å². The van der Waals surface area contributed by atoms with E-state index >= 15 is 0 Å². The quantitative estimate of drug-likeness (QED) is 0.797. The number of nitrogens with one attached hydrogen (secondary N) is 1. The molecule has 24 heavy (non-hydrogen) atoms. The van der Waals surface area contributed by atoms with Crippen molar-refractivity contribution in [2.24, 2.45) is 0 Å². The monoisotopic (exact) mass is 323 g/mol. The van der Waals surface area contributed by atoms with Gasteiger partial charge in [-0.05, 0) is 24.3 Å². The van der Waals surface area contributed by atoms with Crippen LogP contribution in [0.4, 0.5) is 6.01 Å². The van der Waals surface area contributed by atoms with E-state index in [1.165, 1.54) is 0 Å². The zero-order valence-corrected chi connectivity index (χ0v) is 12.5. The minimum Gasteiger partial charge on any atom is -0.485 e. The molecular formula is C17H13N3O4.